The van der Waals surface area contributed by atoms with Crippen LogP contribution in [0.15, 0.2) is 12.1 Å². The molecule has 0 bridgehead atoms. The van der Waals surface area contributed by atoms with Crippen LogP contribution in [0.25, 0.3) is 0 Å². The lowest BCUT2D eigenvalue weighted by atomic mass is 10.2. The zero-order chi connectivity index (χ0) is 11.4. The van der Waals surface area contributed by atoms with E-state index in [9.17, 15) is 8.78 Å². The van der Waals surface area contributed by atoms with Crippen LogP contribution in [0.2, 0.25) is 0 Å². The van der Waals surface area contributed by atoms with Crippen molar-refractivity contribution in [2.24, 2.45) is 0 Å². The fraction of sp³-hybridized carbons (Fsp3) is 0.333. The number of aromatic hydroxyl groups is 1. The molecule has 0 saturated heterocycles. The molecule has 1 unspecified atom stereocenters. The van der Waals surface area contributed by atoms with Crippen molar-refractivity contribution < 1.29 is 19.0 Å². The Hall–Kier alpha value is -1.07. The van der Waals surface area contributed by atoms with E-state index in [0.717, 1.165) is 12.1 Å². The van der Waals surface area contributed by atoms with Crippen molar-refractivity contribution in [3.05, 3.63) is 23.8 Å². The lowest BCUT2D eigenvalue weighted by Gasteiger charge is -2.10. The average Bonchev–Trinajstić information content (AvgIpc) is 2.22. The SMILES string of the molecule is Oc1cc(NCC(O)CCl)cc(F)c1F. The molecule has 1 aromatic rings. The van der Waals surface area contributed by atoms with Crippen molar-refractivity contribution in [1.29, 1.82) is 0 Å². The van der Waals surface area contributed by atoms with Gasteiger partial charge in [0.25, 0.3) is 0 Å². The molecule has 0 aliphatic carbocycles. The zero-order valence-corrected chi connectivity index (χ0v) is 8.43. The van der Waals surface area contributed by atoms with Gasteiger partial charge in [0.1, 0.15) is 0 Å². The van der Waals surface area contributed by atoms with Crippen molar-refractivity contribution in [1.82, 2.24) is 0 Å². The van der Waals surface area contributed by atoms with E-state index < -0.39 is 23.5 Å². The Kier molecular flexibility index (Phi) is 4.11. The predicted molar refractivity (Wildman–Crippen MR) is 53.2 cm³/mol. The molecule has 0 spiro atoms. The highest BCUT2D eigenvalue weighted by Crippen LogP contribution is 2.23. The molecule has 0 radical (unpaired) electrons. The monoisotopic (exact) mass is 237 g/mol. The van der Waals surface area contributed by atoms with Crippen molar-refractivity contribution in [2.45, 2.75) is 6.10 Å². The second-order valence-corrected chi connectivity index (χ2v) is 3.29. The quantitative estimate of drug-likeness (QED) is 0.699. The number of anilines is 1. The Bertz CT molecular complexity index is 326. The van der Waals surface area contributed by atoms with Crippen molar-refractivity contribution in [3.63, 3.8) is 0 Å². The maximum absolute atomic E-state index is 12.8. The van der Waals surface area contributed by atoms with Gasteiger partial charge in [0.2, 0.25) is 0 Å². The molecule has 1 aromatic carbocycles. The van der Waals surface area contributed by atoms with Gasteiger partial charge >= 0.3 is 0 Å². The van der Waals surface area contributed by atoms with E-state index in [1.807, 2.05) is 0 Å². The minimum absolute atomic E-state index is 0.0304. The molecule has 1 rings (SSSR count). The van der Waals surface area contributed by atoms with Crippen LogP contribution in [-0.4, -0.2) is 28.7 Å². The molecule has 0 fully saturated rings. The number of aliphatic hydroxyl groups excluding tert-OH is 1. The van der Waals surface area contributed by atoms with Crippen LogP contribution < -0.4 is 5.32 Å². The maximum atomic E-state index is 12.8. The predicted octanol–water partition coefficient (Wildman–Crippen LogP) is 1.68. The lowest BCUT2D eigenvalue weighted by molar-refractivity contribution is 0.211. The number of benzene rings is 1. The van der Waals surface area contributed by atoms with Crippen LogP contribution in [0.1, 0.15) is 0 Å². The molecule has 3 nitrogen and oxygen atoms in total. The van der Waals surface area contributed by atoms with Crippen LogP contribution in [0.3, 0.4) is 0 Å². The number of phenolic OH excluding ortho intramolecular Hbond substituents is 1. The van der Waals surface area contributed by atoms with E-state index in [0.29, 0.717) is 0 Å². The second kappa shape index (κ2) is 5.14. The van der Waals surface area contributed by atoms with Crippen LogP contribution in [0.4, 0.5) is 14.5 Å². The molecule has 0 aliphatic rings. The Morgan fingerprint density at radius 2 is 2.07 bits per heavy atom. The van der Waals surface area contributed by atoms with Gasteiger partial charge in [-0.2, -0.15) is 4.39 Å². The molecule has 0 heterocycles. The molecule has 3 N–H and O–H groups in total. The van der Waals surface area contributed by atoms with Gasteiger partial charge in [0, 0.05) is 24.4 Å². The third-order valence-corrected chi connectivity index (χ3v) is 2.09. The fourth-order valence-corrected chi connectivity index (χ4v) is 1.08. The summed E-state index contributed by atoms with van der Waals surface area (Å²) in [5.41, 5.74) is 0.176. The average molecular weight is 238 g/mol. The van der Waals surface area contributed by atoms with E-state index >= 15 is 0 Å². The standard InChI is InChI=1S/C9H10ClF2NO2/c10-3-6(14)4-13-5-1-7(11)9(12)8(15)2-5/h1-2,6,13-15H,3-4H2. The number of halogens is 3. The van der Waals surface area contributed by atoms with Gasteiger partial charge in [0.15, 0.2) is 17.4 Å². The topological polar surface area (TPSA) is 52.5 Å². The number of hydrogen-bond acceptors (Lipinski definition) is 3. The van der Waals surface area contributed by atoms with Crippen LogP contribution in [0, 0.1) is 11.6 Å². The first-order valence-electron chi connectivity index (χ1n) is 4.20. The van der Waals surface area contributed by atoms with Gasteiger partial charge in [-0.1, -0.05) is 0 Å². The molecule has 1 atom stereocenters. The Labute approximate surface area is 90.3 Å². The number of rotatable bonds is 4. The van der Waals surface area contributed by atoms with Gasteiger partial charge in [-0.3, -0.25) is 0 Å². The first-order chi connectivity index (χ1) is 7.04. The summed E-state index contributed by atoms with van der Waals surface area (Å²) in [4.78, 5) is 0. The number of hydrogen-bond donors (Lipinski definition) is 3. The van der Waals surface area contributed by atoms with Gasteiger partial charge in [-0.25, -0.2) is 4.39 Å². The summed E-state index contributed by atoms with van der Waals surface area (Å²) in [5, 5.41) is 20.7. The van der Waals surface area contributed by atoms with E-state index in [4.69, 9.17) is 21.8 Å². The number of nitrogens with one attached hydrogen (secondary N) is 1. The molecule has 0 saturated carbocycles. The zero-order valence-electron chi connectivity index (χ0n) is 7.67. The van der Waals surface area contributed by atoms with E-state index in [2.05, 4.69) is 5.32 Å². The third kappa shape index (κ3) is 3.21. The van der Waals surface area contributed by atoms with Crippen molar-refractivity contribution in [2.75, 3.05) is 17.7 Å². The molecular formula is C9H10ClF2NO2. The van der Waals surface area contributed by atoms with E-state index in [-0.39, 0.29) is 18.1 Å². The van der Waals surface area contributed by atoms with Crippen LogP contribution >= 0.6 is 11.6 Å². The molecule has 0 amide bonds. The summed E-state index contributed by atoms with van der Waals surface area (Å²) < 4.78 is 25.4. The summed E-state index contributed by atoms with van der Waals surface area (Å²) in [6.45, 7) is 0.0913. The van der Waals surface area contributed by atoms with E-state index in [1.54, 1.807) is 0 Å². The summed E-state index contributed by atoms with van der Waals surface area (Å²) in [6, 6.07) is 1.91. The van der Waals surface area contributed by atoms with Gasteiger partial charge in [-0.05, 0) is 0 Å². The Morgan fingerprint density at radius 1 is 1.40 bits per heavy atom. The molecule has 0 aromatic heterocycles. The number of phenols is 1. The van der Waals surface area contributed by atoms with Gasteiger partial charge in [-0.15, -0.1) is 11.6 Å². The van der Waals surface area contributed by atoms with Gasteiger partial charge in [0.05, 0.1) is 12.0 Å². The molecule has 0 aliphatic heterocycles. The Morgan fingerprint density at radius 3 is 2.60 bits per heavy atom. The van der Waals surface area contributed by atoms with Crippen molar-refractivity contribution >= 4 is 17.3 Å². The highest BCUT2D eigenvalue weighted by atomic mass is 35.5. The lowest BCUT2D eigenvalue weighted by Crippen LogP contribution is -2.20. The normalized spacial score (nSPS) is 12.5. The van der Waals surface area contributed by atoms with Crippen molar-refractivity contribution in [3.8, 4) is 5.75 Å². The minimum Gasteiger partial charge on any atom is -0.505 e. The molecule has 84 valence electrons. The molecule has 15 heavy (non-hydrogen) atoms. The number of aliphatic hydroxyl groups is 1. The summed E-state index contributed by atoms with van der Waals surface area (Å²) in [6.07, 6.45) is -0.790. The first-order valence-corrected chi connectivity index (χ1v) is 4.74. The fourth-order valence-electron chi connectivity index (χ4n) is 0.967. The summed E-state index contributed by atoms with van der Waals surface area (Å²) >= 11 is 5.33. The highest BCUT2D eigenvalue weighted by Gasteiger charge is 2.10. The van der Waals surface area contributed by atoms with Crippen LogP contribution in [-0.2, 0) is 0 Å². The second-order valence-electron chi connectivity index (χ2n) is 2.98. The summed E-state index contributed by atoms with van der Waals surface area (Å²) in [5.74, 6) is -3.20. The highest BCUT2D eigenvalue weighted by molar-refractivity contribution is 6.18. The first kappa shape index (κ1) is 12.0. The largest absolute Gasteiger partial charge is 0.505 e. The smallest absolute Gasteiger partial charge is 0.200 e. The van der Waals surface area contributed by atoms with Gasteiger partial charge < -0.3 is 15.5 Å². The summed E-state index contributed by atoms with van der Waals surface area (Å²) in [7, 11) is 0. The Balaban J connectivity index is 2.70. The number of alkyl halides is 1. The molecular weight excluding hydrogens is 228 g/mol. The maximum Gasteiger partial charge on any atom is 0.200 e. The third-order valence-electron chi connectivity index (χ3n) is 1.73. The minimum atomic E-state index is -1.29. The van der Waals surface area contributed by atoms with Crippen LogP contribution in [0.5, 0.6) is 5.75 Å². The van der Waals surface area contributed by atoms with E-state index in [1.165, 1.54) is 0 Å². The molecule has 6 heteroatoms.